The SMILES string of the molecule is O=C(C1=C(O)C(=O)N(c2ccc(F)c(F)c2)C1c1cccc(O)c1)c1ccco1. The summed E-state index contributed by atoms with van der Waals surface area (Å²) in [7, 11) is 0. The maximum atomic E-state index is 13.8. The van der Waals surface area contributed by atoms with Gasteiger partial charge in [-0.3, -0.25) is 14.5 Å². The molecule has 1 amide bonds. The molecule has 0 radical (unpaired) electrons. The van der Waals surface area contributed by atoms with Crippen molar-refractivity contribution in [3.63, 3.8) is 0 Å². The van der Waals surface area contributed by atoms with Crippen molar-refractivity contribution in [3.05, 3.63) is 95.2 Å². The van der Waals surface area contributed by atoms with E-state index in [1.165, 1.54) is 42.7 Å². The maximum Gasteiger partial charge on any atom is 0.294 e. The zero-order valence-corrected chi connectivity index (χ0v) is 14.7. The number of aromatic hydroxyl groups is 1. The number of amides is 1. The maximum absolute atomic E-state index is 13.8. The highest BCUT2D eigenvalue weighted by molar-refractivity contribution is 6.20. The number of hydrogen-bond acceptors (Lipinski definition) is 5. The van der Waals surface area contributed by atoms with E-state index in [-0.39, 0.29) is 28.3 Å². The normalized spacial score (nSPS) is 16.6. The van der Waals surface area contributed by atoms with Gasteiger partial charge < -0.3 is 14.6 Å². The Hall–Kier alpha value is -3.94. The number of benzene rings is 2. The van der Waals surface area contributed by atoms with Gasteiger partial charge in [0.15, 0.2) is 23.2 Å². The zero-order valence-electron chi connectivity index (χ0n) is 14.7. The minimum atomic E-state index is -1.20. The van der Waals surface area contributed by atoms with Crippen molar-refractivity contribution in [2.45, 2.75) is 6.04 Å². The van der Waals surface area contributed by atoms with Crippen LogP contribution in [0.1, 0.15) is 22.2 Å². The van der Waals surface area contributed by atoms with Gasteiger partial charge in [0.2, 0.25) is 5.78 Å². The first-order chi connectivity index (χ1) is 13.9. The van der Waals surface area contributed by atoms with E-state index in [1.807, 2.05) is 0 Å². The summed E-state index contributed by atoms with van der Waals surface area (Å²) in [6.45, 7) is 0. The van der Waals surface area contributed by atoms with Gasteiger partial charge in [-0.25, -0.2) is 8.78 Å². The summed E-state index contributed by atoms with van der Waals surface area (Å²) >= 11 is 0. The van der Waals surface area contributed by atoms with Crippen molar-refractivity contribution in [3.8, 4) is 5.75 Å². The lowest BCUT2D eigenvalue weighted by Gasteiger charge is -2.27. The molecule has 4 rings (SSSR count). The van der Waals surface area contributed by atoms with Gasteiger partial charge in [0.1, 0.15) is 5.75 Å². The number of carbonyl (C=O) groups is 2. The molecule has 3 aromatic rings. The van der Waals surface area contributed by atoms with E-state index in [1.54, 1.807) is 0 Å². The molecule has 1 unspecified atom stereocenters. The summed E-state index contributed by atoms with van der Waals surface area (Å²) < 4.78 is 32.3. The fourth-order valence-electron chi connectivity index (χ4n) is 3.29. The number of hydrogen-bond donors (Lipinski definition) is 2. The van der Waals surface area contributed by atoms with E-state index in [9.17, 15) is 28.6 Å². The number of ketones is 1. The van der Waals surface area contributed by atoms with E-state index in [0.717, 1.165) is 23.1 Å². The first-order valence-electron chi connectivity index (χ1n) is 8.47. The fraction of sp³-hybridized carbons (Fsp3) is 0.0476. The first-order valence-corrected chi connectivity index (χ1v) is 8.47. The molecule has 0 saturated carbocycles. The molecular weight excluding hydrogens is 384 g/mol. The molecule has 1 aliphatic heterocycles. The Labute approximate surface area is 162 Å². The quantitative estimate of drug-likeness (QED) is 0.649. The highest BCUT2D eigenvalue weighted by Crippen LogP contribution is 2.42. The molecule has 29 heavy (non-hydrogen) atoms. The number of rotatable bonds is 4. The molecule has 8 heteroatoms. The van der Waals surface area contributed by atoms with Crippen LogP contribution in [0.15, 0.2) is 76.6 Å². The summed E-state index contributed by atoms with van der Waals surface area (Å²) in [5, 5.41) is 20.3. The van der Waals surface area contributed by atoms with Crippen LogP contribution in [0.2, 0.25) is 0 Å². The Bertz CT molecular complexity index is 1150. The lowest BCUT2D eigenvalue weighted by Crippen LogP contribution is -2.31. The third-order valence-corrected chi connectivity index (χ3v) is 4.57. The van der Waals surface area contributed by atoms with Crippen LogP contribution in [0.5, 0.6) is 5.75 Å². The van der Waals surface area contributed by atoms with Crippen molar-refractivity contribution in [1.29, 1.82) is 0 Å². The van der Waals surface area contributed by atoms with E-state index >= 15 is 0 Å². The van der Waals surface area contributed by atoms with Crippen LogP contribution >= 0.6 is 0 Å². The molecule has 1 atom stereocenters. The Kier molecular flexibility index (Phi) is 4.38. The van der Waals surface area contributed by atoms with E-state index in [0.29, 0.717) is 0 Å². The van der Waals surface area contributed by atoms with E-state index in [2.05, 4.69) is 0 Å². The molecule has 2 heterocycles. The predicted octanol–water partition coefficient (Wildman–Crippen LogP) is 4.05. The van der Waals surface area contributed by atoms with Crippen LogP contribution in [-0.4, -0.2) is 21.9 Å². The second-order valence-electron chi connectivity index (χ2n) is 6.34. The minimum Gasteiger partial charge on any atom is -0.508 e. The Morgan fingerprint density at radius 3 is 2.45 bits per heavy atom. The molecule has 0 fully saturated rings. The Balaban J connectivity index is 1.91. The van der Waals surface area contributed by atoms with Crippen LogP contribution in [0.3, 0.4) is 0 Å². The average Bonchev–Trinajstić information content (AvgIpc) is 3.32. The Morgan fingerprint density at radius 2 is 1.79 bits per heavy atom. The van der Waals surface area contributed by atoms with Gasteiger partial charge in [0.05, 0.1) is 17.9 Å². The smallest absolute Gasteiger partial charge is 0.294 e. The van der Waals surface area contributed by atoms with E-state index < -0.39 is 35.1 Å². The van der Waals surface area contributed by atoms with Crippen LogP contribution < -0.4 is 4.90 Å². The molecule has 0 spiro atoms. The number of halogens is 2. The number of carbonyl (C=O) groups excluding carboxylic acids is 2. The molecule has 1 aromatic heterocycles. The highest BCUT2D eigenvalue weighted by Gasteiger charge is 2.45. The van der Waals surface area contributed by atoms with Crippen molar-refractivity contribution in [2.24, 2.45) is 0 Å². The van der Waals surface area contributed by atoms with Crippen molar-refractivity contribution < 1.29 is 33.0 Å². The molecule has 1 aliphatic rings. The van der Waals surface area contributed by atoms with Crippen LogP contribution in [0, 0.1) is 11.6 Å². The van der Waals surface area contributed by atoms with Gasteiger partial charge in [-0.1, -0.05) is 12.1 Å². The second-order valence-corrected chi connectivity index (χ2v) is 6.34. The van der Waals surface area contributed by atoms with Gasteiger partial charge in [-0.05, 0) is 42.0 Å². The Morgan fingerprint density at radius 1 is 1.00 bits per heavy atom. The molecule has 0 saturated heterocycles. The molecule has 2 N–H and O–H groups in total. The number of phenols is 1. The van der Waals surface area contributed by atoms with Gasteiger partial charge in [-0.2, -0.15) is 0 Å². The number of aliphatic hydroxyl groups excluding tert-OH is 1. The first kappa shape index (κ1) is 18.4. The lowest BCUT2D eigenvalue weighted by molar-refractivity contribution is -0.117. The molecule has 0 aliphatic carbocycles. The van der Waals surface area contributed by atoms with Crippen molar-refractivity contribution in [2.75, 3.05) is 4.90 Å². The number of furan rings is 1. The van der Waals surface area contributed by atoms with Crippen LogP contribution in [0.4, 0.5) is 14.5 Å². The van der Waals surface area contributed by atoms with Crippen molar-refractivity contribution in [1.82, 2.24) is 0 Å². The molecular formula is C21H13F2NO5. The molecule has 2 aromatic carbocycles. The van der Waals surface area contributed by atoms with E-state index in [4.69, 9.17) is 4.42 Å². The van der Waals surface area contributed by atoms with Gasteiger partial charge in [-0.15, -0.1) is 0 Å². The monoisotopic (exact) mass is 397 g/mol. The number of phenolic OH excluding ortho intramolecular Hbond substituents is 1. The summed E-state index contributed by atoms with van der Waals surface area (Å²) in [6.07, 6.45) is 1.26. The summed E-state index contributed by atoms with van der Waals surface area (Å²) in [4.78, 5) is 26.7. The molecule has 6 nitrogen and oxygen atoms in total. The second kappa shape index (κ2) is 6.90. The number of anilines is 1. The molecule has 146 valence electrons. The largest absolute Gasteiger partial charge is 0.508 e. The lowest BCUT2D eigenvalue weighted by atomic mass is 9.94. The highest BCUT2D eigenvalue weighted by atomic mass is 19.2. The summed E-state index contributed by atoms with van der Waals surface area (Å²) in [5.41, 5.74) is -0.0987. The fourth-order valence-corrected chi connectivity index (χ4v) is 3.29. The van der Waals surface area contributed by atoms with Gasteiger partial charge in [0, 0.05) is 11.8 Å². The summed E-state index contributed by atoms with van der Waals surface area (Å²) in [5.74, 6) is -5.13. The predicted molar refractivity (Wildman–Crippen MR) is 97.4 cm³/mol. The number of aliphatic hydroxyl groups is 1. The minimum absolute atomic E-state index is 0.0731. The number of Topliss-reactive ketones (excluding diaryl/α,β-unsaturated/α-hetero) is 1. The molecule has 0 bridgehead atoms. The average molecular weight is 397 g/mol. The zero-order chi connectivity index (χ0) is 20.7. The van der Waals surface area contributed by atoms with Gasteiger partial charge >= 0.3 is 0 Å². The topological polar surface area (TPSA) is 91.0 Å². The number of nitrogens with zero attached hydrogens (tertiary/aromatic N) is 1. The third-order valence-electron chi connectivity index (χ3n) is 4.57. The van der Waals surface area contributed by atoms with Gasteiger partial charge in [0.25, 0.3) is 5.91 Å². The van der Waals surface area contributed by atoms with Crippen molar-refractivity contribution >= 4 is 17.4 Å². The van der Waals surface area contributed by atoms with Crippen LogP contribution in [0.25, 0.3) is 0 Å². The third kappa shape index (κ3) is 3.04. The standard InChI is InChI=1S/C21H13F2NO5/c22-14-7-6-12(10-15(14)23)24-18(11-3-1-4-13(25)9-11)17(20(27)21(24)28)19(26)16-5-2-8-29-16/h1-10,18,25,27H. The summed E-state index contributed by atoms with van der Waals surface area (Å²) in [6, 6.07) is 10.1. The van der Waals surface area contributed by atoms with Crippen LogP contribution in [-0.2, 0) is 4.79 Å².